The molecule has 2 aromatic carbocycles. The fourth-order valence-corrected chi connectivity index (χ4v) is 4.54. The van der Waals surface area contributed by atoms with Crippen molar-refractivity contribution in [2.24, 2.45) is 0 Å². The molecule has 11 nitrogen and oxygen atoms in total. The summed E-state index contributed by atoms with van der Waals surface area (Å²) in [5.41, 5.74) is 1.49. The molecule has 0 aliphatic heterocycles. The molecule has 0 saturated carbocycles. The molecule has 0 aliphatic carbocycles. The third-order valence-corrected chi connectivity index (χ3v) is 6.69. The molecule has 0 aliphatic rings. The summed E-state index contributed by atoms with van der Waals surface area (Å²) in [5, 5.41) is 17.6. The zero-order valence-corrected chi connectivity index (χ0v) is 20.9. The van der Waals surface area contributed by atoms with Gasteiger partial charge in [-0.05, 0) is 42.9 Å². The molecule has 0 atom stereocenters. The molecule has 0 spiro atoms. The number of likely N-dealkylation sites (N-methyl/N-ethyl adjacent to an activating group) is 1. The molecule has 192 valence electrons. The third-order valence-electron chi connectivity index (χ3n) is 4.64. The van der Waals surface area contributed by atoms with E-state index in [1.54, 1.807) is 33.1 Å². The molecule has 1 amide bonds. The Bertz CT molecular complexity index is 1110. The topological polar surface area (TPSA) is 154 Å². The van der Waals surface area contributed by atoms with E-state index < -0.39 is 22.0 Å². The maximum Gasteiger partial charge on any atom is 0.414 e. The van der Waals surface area contributed by atoms with Gasteiger partial charge in [0.25, 0.3) is 0 Å². The van der Waals surface area contributed by atoms with Crippen LogP contribution in [0.25, 0.3) is 0 Å². The molecule has 2 aromatic rings. The van der Waals surface area contributed by atoms with Crippen LogP contribution in [0.1, 0.15) is 19.4 Å². The van der Waals surface area contributed by atoms with Gasteiger partial charge in [0.05, 0.1) is 18.6 Å². The van der Waals surface area contributed by atoms with Crippen molar-refractivity contribution in [1.29, 1.82) is 0 Å². The first-order valence-corrected chi connectivity index (χ1v) is 12.1. The van der Waals surface area contributed by atoms with Crippen molar-refractivity contribution in [2.75, 3.05) is 39.1 Å². The van der Waals surface area contributed by atoms with E-state index in [4.69, 9.17) is 24.5 Å². The second-order valence-corrected chi connectivity index (χ2v) is 9.24. The molecular weight excluding hydrogens is 478 g/mol. The first kappa shape index (κ1) is 29.6. The molecule has 0 aromatic heterocycles. The monoisotopic (exact) mass is 509 g/mol. The highest BCUT2D eigenvalue weighted by molar-refractivity contribution is 7.89. The van der Waals surface area contributed by atoms with Crippen LogP contribution in [0.15, 0.2) is 53.4 Å². The average molecular weight is 510 g/mol. The summed E-state index contributed by atoms with van der Waals surface area (Å²) in [6.07, 6.45) is 0. The van der Waals surface area contributed by atoms with E-state index in [2.05, 4.69) is 5.32 Å². The fourth-order valence-electron chi connectivity index (χ4n) is 3.03. The average Bonchev–Trinajstić information content (AvgIpc) is 2.80. The fraction of sp³-hybridized carbons (Fsp3) is 0.348. The number of benzene rings is 2. The van der Waals surface area contributed by atoms with Crippen LogP contribution in [0, 0.1) is 0 Å². The van der Waals surface area contributed by atoms with Gasteiger partial charge in [0.1, 0.15) is 5.75 Å². The standard InChI is InChI=1S/C21H29N3O4S.C2H2O4/c1-5-24(6-2)29(26,27)20-12-8-10-18(14-20)22-21(25)16-23(3)15-17-9-7-11-19(13-17)28-4;3-1(4)2(5)6/h7-14H,5-6,15-16H2,1-4H3,(H,22,25);(H,3,4)(H,5,6). The first-order valence-electron chi connectivity index (χ1n) is 10.6. The number of amides is 1. The highest BCUT2D eigenvalue weighted by Gasteiger charge is 2.22. The van der Waals surface area contributed by atoms with Crippen molar-refractivity contribution < 1.29 is 37.8 Å². The van der Waals surface area contributed by atoms with Gasteiger partial charge in [-0.25, -0.2) is 18.0 Å². The summed E-state index contributed by atoms with van der Waals surface area (Å²) >= 11 is 0. The number of nitrogens with one attached hydrogen (secondary N) is 1. The normalized spacial score (nSPS) is 10.9. The predicted octanol–water partition coefficient (Wildman–Crippen LogP) is 1.95. The van der Waals surface area contributed by atoms with Gasteiger partial charge in [0.2, 0.25) is 15.9 Å². The lowest BCUT2D eigenvalue weighted by atomic mass is 10.2. The summed E-state index contributed by atoms with van der Waals surface area (Å²) in [5.74, 6) is -3.09. The summed E-state index contributed by atoms with van der Waals surface area (Å²) < 4.78 is 31.9. The van der Waals surface area contributed by atoms with E-state index in [1.165, 1.54) is 16.4 Å². The molecule has 35 heavy (non-hydrogen) atoms. The van der Waals surface area contributed by atoms with Crippen molar-refractivity contribution >= 4 is 33.6 Å². The summed E-state index contributed by atoms with van der Waals surface area (Å²) in [4.78, 5) is 32.7. The maximum atomic E-state index is 12.7. The second kappa shape index (κ2) is 14.0. The minimum Gasteiger partial charge on any atom is -0.497 e. The summed E-state index contributed by atoms with van der Waals surface area (Å²) in [6, 6.07) is 14.0. The van der Waals surface area contributed by atoms with E-state index in [-0.39, 0.29) is 17.3 Å². The molecule has 3 N–H and O–H groups in total. The number of carbonyl (C=O) groups is 3. The maximum absolute atomic E-state index is 12.7. The van der Waals surface area contributed by atoms with Gasteiger partial charge < -0.3 is 20.3 Å². The SMILES string of the molecule is CCN(CC)S(=O)(=O)c1cccc(NC(=O)CN(C)Cc2cccc(OC)c2)c1.O=C(O)C(=O)O. The Morgan fingerprint density at radius 2 is 1.57 bits per heavy atom. The number of rotatable bonds is 10. The second-order valence-electron chi connectivity index (χ2n) is 7.30. The van der Waals surface area contributed by atoms with Crippen molar-refractivity contribution in [3.63, 3.8) is 0 Å². The van der Waals surface area contributed by atoms with Crippen molar-refractivity contribution in [3.05, 3.63) is 54.1 Å². The van der Waals surface area contributed by atoms with Crippen molar-refractivity contribution in [1.82, 2.24) is 9.21 Å². The van der Waals surface area contributed by atoms with Gasteiger partial charge in [-0.2, -0.15) is 4.31 Å². The quantitative estimate of drug-likeness (QED) is 0.408. The lowest BCUT2D eigenvalue weighted by Gasteiger charge is -2.19. The van der Waals surface area contributed by atoms with Crippen LogP contribution in [0.5, 0.6) is 5.75 Å². The number of ether oxygens (including phenoxy) is 1. The largest absolute Gasteiger partial charge is 0.497 e. The van der Waals surface area contributed by atoms with Crippen LogP contribution in [0.2, 0.25) is 0 Å². The van der Waals surface area contributed by atoms with E-state index in [9.17, 15) is 13.2 Å². The molecule has 0 saturated heterocycles. The van der Waals surface area contributed by atoms with E-state index in [1.807, 2.05) is 36.2 Å². The lowest BCUT2D eigenvalue weighted by Crippen LogP contribution is -2.31. The molecule has 0 bridgehead atoms. The minimum atomic E-state index is -3.57. The van der Waals surface area contributed by atoms with Gasteiger partial charge in [-0.3, -0.25) is 9.69 Å². The molecule has 0 unspecified atom stereocenters. The van der Waals surface area contributed by atoms with Gasteiger partial charge in [0.15, 0.2) is 0 Å². The molecule has 0 radical (unpaired) electrons. The molecule has 0 heterocycles. The molecule has 2 rings (SSSR count). The predicted molar refractivity (Wildman–Crippen MR) is 130 cm³/mol. The smallest absolute Gasteiger partial charge is 0.414 e. The number of carboxylic acid groups (broad SMARTS) is 2. The zero-order chi connectivity index (χ0) is 26.6. The number of sulfonamides is 1. The van der Waals surface area contributed by atoms with Crippen molar-refractivity contribution in [2.45, 2.75) is 25.3 Å². The van der Waals surface area contributed by atoms with E-state index >= 15 is 0 Å². The number of anilines is 1. The van der Waals surface area contributed by atoms with Crippen LogP contribution in [-0.4, -0.2) is 79.5 Å². The number of carbonyl (C=O) groups excluding carboxylic acids is 1. The van der Waals surface area contributed by atoms with Crippen LogP contribution in [0.3, 0.4) is 0 Å². The van der Waals surface area contributed by atoms with E-state index in [0.29, 0.717) is 25.3 Å². The number of hydrogen-bond donors (Lipinski definition) is 3. The van der Waals surface area contributed by atoms with Crippen LogP contribution >= 0.6 is 0 Å². The van der Waals surface area contributed by atoms with Gasteiger partial charge in [-0.15, -0.1) is 0 Å². The Kier molecular flexibility index (Phi) is 11.9. The third kappa shape index (κ3) is 9.73. The number of hydrogen-bond acceptors (Lipinski definition) is 7. The Hall–Kier alpha value is -3.48. The van der Waals surface area contributed by atoms with E-state index in [0.717, 1.165) is 11.3 Å². The Morgan fingerprint density at radius 3 is 2.11 bits per heavy atom. The summed E-state index contributed by atoms with van der Waals surface area (Å²) in [6.45, 7) is 5.13. The number of carboxylic acids is 2. The number of aliphatic carboxylic acids is 2. The highest BCUT2D eigenvalue weighted by Crippen LogP contribution is 2.20. The highest BCUT2D eigenvalue weighted by atomic mass is 32.2. The number of methoxy groups -OCH3 is 1. The van der Waals surface area contributed by atoms with Crippen LogP contribution in [-0.2, 0) is 31.0 Å². The summed E-state index contributed by atoms with van der Waals surface area (Å²) in [7, 11) is -0.107. The van der Waals surface area contributed by atoms with Crippen LogP contribution < -0.4 is 10.1 Å². The van der Waals surface area contributed by atoms with Gasteiger partial charge >= 0.3 is 11.9 Å². The molecular formula is C23H31N3O8S. The van der Waals surface area contributed by atoms with Gasteiger partial charge in [-0.1, -0.05) is 32.0 Å². The minimum absolute atomic E-state index is 0.170. The molecule has 0 fully saturated rings. The Labute approximate surface area is 205 Å². The number of nitrogens with zero attached hydrogens (tertiary/aromatic N) is 2. The molecule has 12 heteroatoms. The Balaban J connectivity index is 0.000000905. The van der Waals surface area contributed by atoms with Gasteiger partial charge in [0, 0.05) is 25.3 Å². The lowest BCUT2D eigenvalue weighted by molar-refractivity contribution is -0.159. The zero-order valence-electron chi connectivity index (χ0n) is 20.1. The first-order chi connectivity index (χ1) is 16.4. The Morgan fingerprint density at radius 1 is 0.971 bits per heavy atom. The van der Waals surface area contributed by atoms with Crippen LogP contribution in [0.4, 0.5) is 5.69 Å². The van der Waals surface area contributed by atoms with Crippen molar-refractivity contribution in [3.8, 4) is 5.75 Å².